The highest BCUT2D eigenvalue weighted by atomic mass is 79.9. The van der Waals surface area contributed by atoms with Crippen molar-refractivity contribution in [3.8, 4) is 0 Å². The Bertz CT molecular complexity index is 337. The molecule has 0 aliphatic carbocycles. The monoisotopic (exact) mass is 271 g/mol. The van der Waals surface area contributed by atoms with E-state index in [2.05, 4.69) is 15.9 Å². The smallest absolute Gasteiger partial charge is 0.316 e. The van der Waals surface area contributed by atoms with E-state index in [0.717, 1.165) is 18.2 Å². The van der Waals surface area contributed by atoms with Crippen molar-refractivity contribution in [2.45, 2.75) is 12.2 Å². The second-order valence-electron chi connectivity index (χ2n) is 2.69. The third-order valence-electron chi connectivity index (χ3n) is 1.66. The Balaban J connectivity index is 3.03. The zero-order valence-corrected chi connectivity index (χ0v) is 8.36. The molecule has 0 spiro atoms. The molecule has 0 aliphatic heterocycles. The molecule has 1 nitrogen and oxygen atoms in total. The zero-order valence-electron chi connectivity index (χ0n) is 6.78. The Morgan fingerprint density at radius 3 is 2.29 bits per heavy atom. The Morgan fingerprint density at radius 2 is 1.86 bits per heavy atom. The third kappa shape index (κ3) is 2.45. The molecule has 78 valence electrons. The van der Waals surface area contributed by atoms with Crippen molar-refractivity contribution in [3.63, 3.8) is 0 Å². The predicted molar refractivity (Wildman–Crippen MR) is 47.1 cm³/mol. The molecule has 0 unspecified atom stereocenters. The lowest BCUT2D eigenvalue weighted by Crippen LogP contribution is -2.28. The Labute approximate surface area is 86.0 Å². The van der Waals surface area contributed by atoms with Crippen LogP contribution in [0, 0.1) is 5.82 Å². The summed E-state index contributed by atoms with van der Waals surface area (Å²) in [5.74, 6) is -0.622. The van der Waals surface area contributed by atoms with Gasteiger partial charge in [0.1, 0.15) is 11.9 Å². The van der Waals surface area contributed by atoms with E-state index in [1.165, 1.54) is 0 Å². The molecule has 0 heterocycles. The van der Waals surface area contributed by atoms with Gasteiger partial charge in [-0.25, -0.2) is 4.39 Å². The predicted octanol–water partition coefficient (Wildman–Crippen LogP) is 3.15. The van der Waals surface area contributed by atoms with E-state index in [1.807, 2.05) is 0 Å². The molecule has 0 amide bonds. The van der Waals surface area contributed by atoms with Gasteiger partial charge in [-0.2, -0.15) is 13.2 Å². The Hall–Kier alpha value is -0.620. The van der Waals surface area contributed by atoms with Crippen LogP contribution in [0.3, 0.4) is 0 Å². The van der Waals surface area contributed by atoms with E-state index < -0.39 is 18.0 Å². The van der Waals surface area contributed by atoms with E-state index >= 15 is 0 Å². The maximum atomic E-state index is 12.7. The van der Waals surface area contributed by atoms with Gasteiger partial charge in [0, 0.05) is 0 Å². The fourth-order valence-corrected chi connectivity index (χ4v) is 1.29. The molecule has 14 heavy (non-hydrogen) atoms. The van der Waals surface area contributed by atoms with Crippen LogP contribution in [-0.4, -0.2) is 6.18 Å². The van der Waals surface area contributed by atoms with Gasteiger partial charge in [-0.15, -0.1) is 0 Å². The summed E-state index contributed by atoms with van der Waals surface area (Å²) in [6, 6.07) is 0.885. The van der Waals surface area contributed by atoms with E-state index in [4.69, 9.17) is 5.73 Å². The fourth-order valence-electron chi connectivity index (χ4n) is 0.895. The fraction of sp³-hybridized carbons (Fsp3) is 0.250. The first kappa shape index (κ1) is 11.5. The summed E-state index contributed by atoms with van der Waals surface area (Å²) in [5, 5.41) is 0. The number of rotatable bonds is 1. The van der Waals surface area contributed by atoms with Crippen molar-refractivity contribution in [1.29, 1.82) is 0 Å². The number of nitrogens with two attached hydrogens (primary N) is 1. The van der Waals surface area contributed by atoms with Gasteiger partial charge in [0.15, 0.2) is 0 Å². The van der Waals surface area contributed by atoms with E-state index in [1.54, 1.807) is 0 Å². The molecule has 6 heteroatoms. The number of halogens is 5. The highest BCUT2D eigenvalue weighted by Gasteiger charge is 2.37. The minimum atomic E-state index is -4.52. The average molecular weight is 272 g/mol. The first-order valence-corrected chi connectivity index (χ1v) is 4.39. The molecule has 1 aromatic rings. The van der Waals surface area contributed by atoms with Gasteiger partial charge in [0.25, 0.3) is 0 Å². The van der Waals surface area contributed by atoms with Gasteiger partial charge in [0.2, 0.25) is 0 Å². The summed E-state index contributed by atoms with van der Waals surface area (Å²) in [7, 11) is 0. The molecule has 1 aromatic carbocycles. The first-order valence-electron chi connectivity index (χ1n) is 3.59. The van der Waals surface area contributed by atoms with Gasteiger partial charge in [-0.1, -0.05) is 6.07 Å². The Kier molecular flexibility index (Phi) is 3.16. The number of alkyl halides is 3. The lowest BCUT2D eigenvalue weighted by atomic mass is 10.1. The van der Waals surface area contributed by atoms with Crippen LogP contribution in [0.4, 0.5) is 17.6 Å². The molecule has 0 aliphatic rings. The van der Waals surface area contributed by atoms with Crippen molar-refractivity contribution >= 4 is 15.9 Å². The molecule has 1 atom stereocenters. The van der Waals surface area contributed by atoms with Crippen molar-refractivity contribution in [3.05, 3.63) is 34.1 Å². The maximum Gasteiger partial charge on any atom is 0.407 e. The molecule has 0 saturated carbocycles. The maximum absolute atomic E-state index is 12.7. The largest absolute Gasteiger partial charge is 0.407 e. The summed E-state index contributed by atoms with van der Waals surface area (Å²) in [5.41, 5.74) is 4.75. The summed E-state index contributed by atoms with van der Waals surface area (Å²) in [4.78, 5) is 0. The molecular formula is C8H6BrF4N. The van der Waals surface area contributed by atoms with Crippen molar-refractivity contribution in [1.82, 2.24) is 0 Å². The molecule has 0 radical (unpaired) electrons. The van der Waals surface area contributed by atoms with Crippen LogP contribution in [0.15, 0.2) is 22.7 Å². The van der Waals surface area contributed by atoms with Crippen LogP contribution in [0.25, 0.3) is 0 Å². The van der Waals surface area contributed by atoms with Crippen LogP contribution in [0.1, 0.15) is 11.6 Å². The molecule has 0 fully saturated rings. The second-order valence-corrected chi connectivity index (χ2v) is 3.55. The quantitative estimate of drug-likeness (QED) is 0.781. The lowest BCUT2D eigenvalue weighted by Gasteiger charge is -2.15. The van der Waals surface area contributed by atoms with Crippen molar-refractivity contribution in [2.75, 3.05) is 0 Å². The topological polar surface area (TPSA) is 26.0 Å². The minimum absolute atomic E-state index is 0.0327. The SMILES string of the molecule is N[C@@H](c1ccc(F)c(Br)c1)C(F)(F)F. The minimum Gasteiger partial charge on any atom is -0.316 e. The molecule has 2 N–H and O–H groups in total. The first-order chi connectivity index (χ1) is 6.32. The number of hydrogen-bond acceptors (Lipinski definition) is 1. The zero-order chi connectivity index (χ0) is 10.9. The van der Waals surface area contributed by atoms with E-state index in [9.17, 15) is 17.6 Å². The Morgan fingerprint density at radius 1 is 1.29 bits per heavy atom. The van der Waals surface area contributed by atoms with Crippen LogP contribution < -0.4 is 5.73 Å². The number of hydrogen-bond donors (Lipinski definition) is 1. The van der Waals surface area contributed by atoms with Gasteiger partial charge in [-0.3, -0.25) is 0 Å². The summed E-state index contributed by atoms with van der Waals surface area (Å²) < 4.78 is 49.1. The van der Waals surface area contributed by atoms with Crippen molar-refractivity contribution in [2.24, 2.45) is 5.73 Å². The summed E-state index contributed by atoms with van der Waals surface area (Å²) in [6.45, 7) is 0. The molecule has 0 bridgehead atoms. The van der Waals surface area contributed by atoms with E-state index in [-0.39, 0.29) is 10.0 Å². The van der Waals surface area contributed by atoms with Crippen LogP contribution >= 0.6 is 15.9 Å². The molecule has 0 saturated heterocycles. The molecule has 1 rings (SSSR count). The van der Waals surface area contributed by atoms with Gasteiger partial charge in [0.05, 0.1) is 4.47 Å². The van der Waals surface area contributed by atoms with Crippen molar-refractivity contribution < 1.29 is 17.6 Å². The third-order valence-corrected chi connectivity index (χ3v) is 2.26. The molecular weight excluding hydrogens is 266 g/mol. The lowest BCUT2D eigenvalue weighted by molar-refractivity contribution is -0.149. The van der Waals surface area contributed by atoms with Crippen LogP contribution in [0.5, 0.6) is 0 Å². The van der Waals surface area contributed by atoms with Gasteiger partial charge >= 0.3 is 6.18 Å². The molecule has 0 aromatic heterocycles. The average Bonchev–Trinajstić information content (AvgIpc) is 2.07. The van der Waals surface area contributed by atoms with Gasteiger partial charge < -0.3 is 5.73 Å². The number of benzene rings is 1. The second kappa shape index (κ2) is 3.86. The normalized spacial score (nSPS) is 14.1. The summed E-state index contributed by atoms with van der Waals surface area (Å²) in [6.07, 6.45) is -4.52. The van der Waals surface area contributed by atoms with Gasteiger partial charge in [-0.05, 0) is 33.6 Å². The summed E-state index contributed by atoms with van der Waals surface area (Å²) >= 11 is 2.78. The van der Waals surface area contributed by atoms with Crippen LogP contribution in [0.2, 0.25) is 0 Å². The highest BCUT2D eigenvalue weighted by Crippen LogP contribution is 2.31. The van der Waals surface area contributed by atoms with Crippen LogP contribution in [-0.2, 0) is 0 Å². The highest BCUT2D eigenvalue weighted by molar-refractivity contribution is 9.10. The standard InChI is InChI=1S/C8H6BrF4N/c9-5-3-4(1-2-6(5)10)7(14)8(11,12)13/h1-3,7H,14H2/t7-/m0/s1. The van der Waals surface area contributed by atoms with E-state index in [0.29, 0.717) is 0 Å².